The topological polar surface area (TPSA) is 75.9 Å². The van der Waals surface area contributed by atoms with Crippen molar-refractivity contribution >= 4 is 17.3 Å². The Balaban J connectivity index is 2.26. The summed E-state index contributed by atoms with van der Waals surface area (Å²) >= 11 is 0. The van der Waals surface area contributed by atoms with E-state index in [2.05, 4.69) is 65.7 Å². The highest BCUT2D eigenvalue weighted by Crippen LogP contribution is 2.25. The molecule has 21 heavy (non-hydrogen) atoms. The average Bonchev–Trinajstić information content (AvgIpc) is 2.49. The van der Waals surface area contributed by atoms with Crippen LogP contribution in [0.15, 0.2) is 30.6 Å². The van der Waals surface area contributed by atoms with E-state index in [9.17, 15) is 0 Å². The van der Waals surface area contributed by atoms with Crippen LogP contribution in [0.1, 0.15) is 44.2 Å². The minimum absolute atomic E-state index is 0.529. The summed E-state index contributed by atoms with van der Waals surface area (Å²) in [6.07, 6.45) is 3.38. The zero-order valence-corrected chi connectivity index (χ0v) is 12.9. The third kappa shape index (κ3) is 3.70. The van der Waals surface area contributed by atoms with Crippen molar-refractivity contribution in [3.05, 3.63) is 41.7 Å². The van der Waals surface area contributed by atoms with Crippen LogP contribution in [0.3, 0.4) is 0 Å². The molecule has 0 aliphatic rings. The predicted octanol–water partition coefficient (Wildman–Crippen LogP) is 3.58. The van der Waals surface area contributed by atoms with E-state index in [1.165, 1.54) is 11.9 Å². The molecule has 5 heteroatoms. The molecule has 0 aliphatic carbocycles. The smallest absolute Gasteiger partial charge is 0.148 e. The maximum Gasteiger partial charge on any atom is 0.148 e. The van der Waals surface area contributed by atoms with E-state index in [0.29, 0.717) is 11.7 Å². The van der Waals surface area contributed by atoms with Gasteiger partial charge in [0.2, 0.25) is 0 Å². The average molecular weight is 285 g/mol. The van der Waals surface area contributed by atoms with Crippen LogP contribution in [0.25, 0.3) is 0 Å². The fraction of sp³-hybridized carbons (Fsp3) is 0.375. The number of aromatic nitrogens is 2. The second kappa shape index (κ2) is 7.04. The summed E-state index contributed by atoms with van der Waals surface area (Å²) in [5.41, 5.74) is 5.98. The first kappa shape index (κ1) is 15.3. The number of benzene rings is 1. The first-order valence-corrected chi connectivity index (χ1v) is 7.33. The zero-order valence-electron chi connectivity index (χ0n) is 12.9. The third-order valence-corrected chi connectivity index (χ3v) is 3.42. The van der Waals surface area contributed by atoms with Crippen LogP contribution in [0.2, 0.25) is 0 Å². The number of nitrogens with one attached hydrogen (secondary N) is 2. The number of hydrogen-bond donors (Lipinski definition) is 3. The van der Waals surface area contributed by atoms with Crippen LogP contribution in [0.5, 0.6) is 0 Å². The SMILES string of the molecule is CCCc1c(NN)ncnc1Nc1ccc(C(C)C)cc1. The highest BCUT2D eigenvalue weighted by Gasteiger charge is 2.10. The van der Waals surface area contributed by atoms with E-state index in [1.807, 2.05) is 0 Å². The lowest BCUT2D eigenvalue weighted by atomic mass is 10.0. The van der Waals surface area contributed by atoms with Crippen LogP contribution in [-0.4, -0.2) is 9.97 Å². The summed E-state index contributed by atoms with van der Waals surface area (Å²) in [6.45, 7) is 6.49. The molecule has 0 aliphatic heterocycles. The highest BCUT2D eigenvalue weighted by atomic mass is 15.3. The predicted molar refractivity (Wildman–Crippen MR) is 87.7 cm³/mol. The third-order valence-electron chi connectivity index (χ3n) is 3.42. The molecule has 0 unspecified atom stereocenters. The molecule has 0 saturated heterocycles. The number of rotatable bonds is 6. The van der Waals surface area contributed by atoms with Gasteiger partial charge in [0.15, 0.2) is 0 Å². The van der Waals surface area contributed by atoms with Gasteiger partial charge in [-0.1, -0.05) is 39.3 Å². The lowest BCUT2D eigenvalue weighted by Gasteiger charge is -2.14. The first-order chi connectivity index (χ1) is 10.2. The Kier molecular flexibility index (Phi) is 5.11. The van der Waals surface area contributed by atoms with E-state index in [1.54, 1.807) is 0 Å². The Morgan fingerprint density at radius 1 is 1.10 bits per heavy atom. The number of nitrogen functional groups attached to an aromatic ring is 1. The minimum atomic E-state index is 0.529. The van der Waals surface area contributed by atoms with Crippen LogP contribution < -0.4 is 16.6 Å². The Morgan fingerprint density at radius 2 is 1.76 bits per heavy atom. The Labute approximate surface area is 126 Å². The van der Waals surface area contributed by atoms with E-state index < -0.39 is 0 Å². The standard InChI is InChI=1S/C16H23N5/c1-4-5-14-15(18-10-19-16(14)21-17)20-13-8-6-12(7-9-13)11(2)3/h6-11H,4-5,17H2,1-3H3,(H2,18,19,20,21). The van der Waals surface area contributed by atoms with Gasteiger partial charge >= 0.3 is 0 Å². The number of nitrogens with zero attached hydrogens (tertiary/aromatic N) is 2. The number of nitrogens with two attached hydrogens (primary N) is 1. The molecule has 1 heterocycles. The first-order valence-electron chi connectivity index (χ1n) is 7.33. The van der Waals surface area contributed by atoms with Crippen LogP contribution in [0, 0.1) is 0 Å². The van der Waals surface area contributed by atoms with E-state index in [4.69, 9.17) is 5.84 Å². The number of anilines is 3. The fourth-order valence-corrected chi connectivity index (χ4v) is 2.22. The summed E-state index contributed by atoms with van der Waals surface area (Å²) in [5, 5.41) is 3.35. The van der Waals surface area contributed by atoms with Gasteiger partial charge in [-0.15, -0.1) is 0 Å². The van der Waals surface area contributed by atoms with Crippen molar-refractivity contribution in [2.75, 3.05) is 10.7 Å². The fourth-order valence-electron chi connectivity index (χ4n) is 2.22. The van der Waals surface area contributed by atoms with Crippen LogP contribution in [-0.2, 0) is 6.42 Å². The zero-order chi connectivity index (χ0) is 15.2. The van der Waals surface area contributed by atoms with Crippen molar-refractivity contribution in [1.29, 1.82) is 0 Å². The second-order valence-electron chi connectivity index (χ2n) is 5.35. The molecule has 0 saturated carbocycles. The lowest BCUT2D eigenvalue weighted by molar-refractivity contribution is 0.867. The normalized spacial score (nSPS) is 10.7. The molecule has 0 bridgehead atoms. The van der Waals surface area contributed by atoms with Gasteiger partial charge in [-0.3, -0.25) is 0 Å². The van der Waals surface area contributed by atoms with Crippen molar-refractivity contribution in [1.82, 2.24) is 9.97 Å². The Morgan fingerprint density at radius 3 is 2.33 bits per heavy atom. The molecule has 0 fully saturated rings. The maximum atomic E-state index is 5.53. The molecule has 1 aromatic carbocycles. The lowest BCUT2D eigenvalue weighted by Crippen LogP contribution is -2.13. The quantitative estimate of drug-likeness (QED) is 0.558. The molecular weight excluding hydrogens is 262 g/mol. The highest BCUT2D eigenvalue weighted by molar-refractivity contribution is 5.64. The van der Waals surface area contributed by atoms with Crippen molar-refractivity contribution in [2.24, 2.45) is 5.84 Å². The van der Waals surface area contributed by atoms with Gasteiger partial charge in [0, 0.05) is 11.3 Å². The monoisotopic (exact) mass is 285 g/mol. The molecular formula is C16H23N5. The van der Waals surface area contributed by atoms with E-state index >= 15 is 0 Å². The molecule has 2 aromatic rings. The van der Waals surface area contributed by atoms with Crippen molar-refractivity contribution in [3.8, 4) is 0 Å². The Bertz CT molecular complexity index is 578. The van der Waals surface area contributed by atoms with Gasteiger partial charge < -0.3 is 10.7 Å². The molecule has 0 atom stereocenters. The number of hydrogen-bond acceptors (Lipinski definition) is 5. The summed E-state index contributed by atoms with van der Waals surface area (Å²) in [7, 11) is 0. The van der Waals surface area contributed by atoms with Crippen LogP contribution in [0.4, 0.5) is 17.3 Å². The molecule has 0 amide bonds. The van der Waals surface area contributed by atoms with Crippen LogP contribution >= 0.6 is 0 Å². The number of hydrazine groups is 1. The van der Waals surface area contributed by atoms with E-state index in [-0.39, 0.29) is 0 Å². The van der Waals surface area contributed by atoms with Gasteiger partial charge in [-0.25, -0.2) is 15.8 Å². The van der Waals surface area contributed by atoms with Gasteiger partial charge in [0.1, 0.15) is 18.0 Å². The summed E-state index contributed by atoms with van der Waals surface area (Å²) in [5.74, 6) is 7.53. The summed E-state index contributed by atoms with van der Waals surface area (Å²) < 4.78 is 0. The molecule has 4 N–H and O–H groups in total. The van der Waals surface area contributed by atoms with Crippen molar-refractivity contribution in [2.45, 2.75) is 39.5 Å². The summed E-state index contributed by atoms with van der Waals surface area (Å²) in [4.78, 5) is 8.51. The van der Waals surface area contributed by atoms with Gasteiger partial charge in [-0.05, 0) is 30.0 Å². The molecule has 2 rings (SSSR count). The summed E-state index contributed by atoms with van der Waals surface area (Å²) in [6, 6.07) is 8.41. The van der Waals surface area contributed by atoms with Gasteiger partial charge in [0.05, 0.1) is 0 Å². The molecule has 1 aromatic heterocycles. The minimum Gasteiger partial charge on any atom is -0.340 e. The largest absolute Gasteiger partial charge is 0.340 e. The Hall–Kier alpha value is -2.14. The molecule has 0 spiro atoms. The van der Waals surface area contributed by atoms with Crippen molar-refractivity contribution in [3.63, 3.8) is 0 Å². The maximum absolute atomic E-state index is 5.53. The van der Waals surface area contributed by atoms with E-state index in [0.717, 1.165) is 29.9 Å². The second-order valence-corrected chi connectivity index (χ2v) is 5.35. The van der Waals surface area contributed by atoms with Crippen molar-refractivity contribution < 1.29 is 0 Å². The van der Waals surface area contributed by atoms with Gasteiger partial charge in [0.25, 0.3) is 0 Å². The molecule has 0 radical (unpaired) electrons. The van der Waals surface area contributed by atoms with Gasteiger partial charge in [-0.2, -0.15) is 0 Å². The molecule has 112 valence electrons. The molecule has 5 nitrogen and oxygen atoms in total.